The molecule has 0 bridgehead atoms. The lowest BCUT2D eigenvalue weighted by molar-refractivity contribution is 0.332. The van der Waals surface area contributed by atoms with Crippen LogP contribution in [0.5, 0.6) is 0 Å². The molecule has 1 atom stereocenters. The van der Waals surface area contributed by atoms with Gasteiger partial charge in [0.05, 0.1) is 16.2 Å². The van der Waals surface area contributed by atoms with Gasteiger partial charge in [-0.1, -0.05) is 53.5 Å². The van der Waals surface area contributed by atoms with Gasteiger partial charge in [-0.3, -0.25) is 0 Å². The minimum absolute atomic E-state index is 0.0921. The van der Waals surface area contributed by atoms with Gasteiger partial charge >= 0.3 is 0 Å². The molecule has 0 saturated carbocycles. The molecule has 110 valence electrons. The van der Waals surface area contributed by atoms with Crippen LogP contribution < -0.4 is 10.2 Å². The fraction of sp³-hybridized carbons (Fsp3) is 0.294. The molecule has 2 aromatic carbocycles. The number of nitrogens with zero attached hydrogens (tertiary/aromatic N) is 1. The van der Waals surface area contributed by atoms with Crippen LogP contribution in [0.25, 0.3) is 0 Å². The Morgan fingerprint density at radius 1 is 1.10 bits per heavy atom. The second-order valence-electron chi connectivity index (χ2n) is 5.64. The lowest BCUT2D eigenvalue weighted by Crippen LogP contribution is -2.56. The molecule has 2 aromatic rings. The topological polar surface area (TPSA) is 15.3 Å². The number of rotatable bonds is 2. The maximum atomic E-state index is 6.35. The van der Waals surface area contributed by atoms with Gasteiger partial charge in [-0.2, -0.15) is 0 Å². The van der Waals surface area contributed by atoms with Gasteiger partial charge in [-0.25, -0.2) is 0 Å². The Balaban J connectivity index is 1.91. The van der Waals surface area contributed by atoms with E-state index in [0.29, 0.717) is 5.02 Å². The molecule has 1 N–H and O–H groups in total. The van der Waals surface area contributed by atoms with E-state index >= 15 is 0 Å². The normalized spacial score (nSPS) is 22.3. The van der Waals surface area contributed by atoms with Crippen molar-refractivity contribution >= 4 is 28.9 Å². The number of benzene rings is 2. The van der Waals surface area contributed by atoms with Gasteiger partial charge in [-0.15, -0.1) is 0 Å². The largest absolute Gasteiger partial charge is 0.367 e. The first-order valence-corrected chi connectivity index (χ1v) is 7.85. The van der Waals surface area contributed by atoms with Crippen LogP contribution in [0.4, 0.5) is 5.69 Å². The first-order valence-electron chi connectivity index (χ1n) is 7.09. The van der Waals surface area contributed by atoms with Gasteiger partial charge in [0, 0.05) is 24.7 Å². The van der Waals surface area contributed by atoms with Gasteiger partial charge in [0.15, 0.2) is 0 Å². The molecule has 2 nitrogen and oxygen atoms in total. The van der Waals surface area contributed by atoms with Crippen molar-refractivity contribution < 1.29 is 0 Å². The van der Waals surface area contributed by atoms with E-state index in [1.54, 1.807) is 0 Å². The molecule has 0 radical (unpaired) electrons. The number of halogens is 2. The zero-order valence-corrected chi connectivity index (χ0v) is 13.5. The molecule has 3 rings (SSSR count). The van der Waals surface area contributed by atoms with Crippen molar-refractivity contribution in [3.8, 4) is 0 Å². The van der Waals surface area contributed by atoms with E-state index < -0.39 is 0 Å². The number of anilines is 1. The lowest BCUT2D eigenvalue weighted by atomic mass is 9.89. The predicted molar refractivity (Wildman–Crippen MR) is 90.5 cm³/mol. The number of hydrogen-bond acceptors (Lipinski definition) is 2. The SMILES string of the molecule is CC1(c2ccccc2)CN(c2cc(Cl)ccc2Cl)CCN1. The lowest BCUT2D eigenvalue weighted by Gasteiger charge is -2.43. The average Bonchev–Trinajstić information content (AvgIpc) is 2.51. The van der Waals surface area contributed by atoms with E-state index in [-0.39, 0.29) is 5.54 Å². The van der Waals surface area contributed by atoms with E-state index in [1.807, 2.05) is 24.3 Å². The fourth-order valence-electron chi connectivity index (χ4n) is 2.92. The highest BCUT2D eigenvalue weighted by atomic mass is 35.5. The summed E-state index contributed by atoms with van der Waals surface area (Å²) in [4.78, 5) is 2.30. The molecule has 4 heteroatoms. The molecule has 0 aliphatic carbocycles. The first-order chi connectivity index (χ1) is 10.1. The van der Waals surface area contributed by atoms with Crippen molar-refractivity contribution in [2.45, 2.75) is 12.5 Å². The molecule has 0 aromatic heterocycles. The minimum atomic E-state index is -0.0921. The third kappa shape index (κ3) is 3.03. The highest BCUT2D eigenvalue weighted by molar-refractivity contribution is 6.35. The van der Waals surface area contributed by atoms with Crippen LogP contribution >= 0.6 is 23.2 Å². The van der Waals surface area contributed by atoms with E-state index in [1.165, 1.54) is 5.56 Å². The second kappa shape index (κ2) is 5.88. The van der Waals surface area contributed by atoms with Gasteiger partial charge in [-0.05, 0) is 30.7 Å². The molecular formula is C17H18Cl2N2. The Morgan fingerprint density at radius 2 is 1.86 bits per heavy atom. The van der Waals surface area contributed by atoms with E-state index in [9.17, 15) is 0 Å². The van der Waals surface area contributed by atoms with Crippen LogP contribution in [0, 0.1) is 0 Å². The van der Waals surface area contributed by atoms with Crippen LogP contribution in [0.2, 0.25) is 10.0 Å². The van der Waals surface area contributed by atoms with Crippen molar-refractivity contribution in [3.63, 3.8) is 0 Å². The monoisotopic (exact) mass is 320 g/mol. The quantitative estimate of drug-likeness (QED) is 0.886. The Hall–Kier alpha value is -1.22. The average molecular weight is 321 g/mol. The van der Waals surface area contributed by atoms with Gasteiger partial charge in [0.2, 0.25) is 0 Å². The molecule has 1 unspecified atom stereocenters. The Kier molecular flexibility index (Phi) is 4.12. The van der Waals surface area contributed by atoms with Crippen molar-refractivity contribution in [1.82, 2.24) is 5.32 Å². The molecule has 1 aliphatic heterocycles. The number of nitrogens with one attached hydrogen (secondary N) is 1. The van der Waals surface area contributed by atoms with E-state index in [2.05, 4.69) is 41.4 Å². The fourth-order valence-corrected chi connectivity index (χ4v) is 3.32. The summed E-state index contributed by atoms with van der Waals surface area (Å²) in [6.07, 6.45) is 0. The number of hydrogen-bond donors (Lipinski definition) is 1. The Morgan fingerprint density at radius 3 is 2.62 bits per heavy atom. The summed E-state index contributed by atoms with van der Waals surface area (Å²) in [6.45, 7) is 4.92. The zero-order valence-electron chi connectivity index (χ0n) is 11.9. The predicted octanol–water partition coefficient (Wildman–Crippen LogP) is 4.32. The molecule has 1 saturated heterocycles. The minimum Gasteiger partial charge on any atom is -0.367 e. The number of piperazine rings is 1. The van der Waals surface area contributed by atoms with Gasteiger partial charge in [0.25, 0.3) is 0 Å². The Labute approximate surface area is 135 Å². The maximum Gasteiger partial charge on any atom is 0.0640 e. The molecular weight excluding hydrogens is 303 g/mol. The van der Waals surface area contributed by atoms with E-state index in [0.717, 1.165) is 30.3 Å². The van der Waals surface area contributed by atoms with Crippen LogP contribution in [0.15, 0.2) is 48.5 Å². The van der Waals surface area contributed by atoms with Crippen molar-refractivity contribution in [1.29, 1.82) is 0 Å². The zero-order chi connectivity index (χ0) is 14.9. The molecule has 21 heavy (non-hydrogen) atoms. The van der Waals surface area contributed by atoms with Gasteiger partial charge < -0.3 is 10.2 Å². The summed E-state index contributed by atoms with van der Waals surface area (Å²) in [5, 5.41) is 5.09. The summed E-state index contributed by atoms with van der Waals surface area (Å²) in [5.74, 6) is 0. The summed E-state index contributed by atoms with van der Waals surface area (Å²) >= 11 is 12.5. The smallest absolute Gasteiger partial charge is 0.0640 e. The molecule has 0 amide bonds. The molecule has 1 heterocycles. The highest BCUT2D eigenvalue weighted by Crippen LogP contribution is 2.33. The first kappa shape index (κ1) is 14.7. The Bertz CT molecular complexity index is 630. The molecule has 0 spiro atoms. The third-order valence-corrected chi connectivity index (χ3v) is 4.62. The van der Waals surface area contributed by atoms with Crippen molar-refractivity contribution in [3.05, 3.63) is 64.1 Å². The van der Waals surface area contributed by atoms with Gasteiger partial charge in [0.1, 0.15) is 0 Å². The van der Waals surface area contributed by atoms with Crippen LogP contribution in [0.1, 0.15) is 12.5 Å². The summed E-state index contributed by atoms with van der Waals surface area (Å²) < 4.78 is 0. The van der Waals surface area contributed by atoms with Crippen LogP contribution in [0.3, 0.4) is 0 Å². The second-order valence-corrected chi connectivity index (χ2v) is 6.49. The molecule has 1 fully saturated rings. The van der Waals surface area contributed by atoms with Crippen molar-refractivity contribution in [2.75, 3.05) is 24.5 Å². The summed E-state index contributed by atoms with van der Waals surface area (Å²) in [7, 11) is 0. The standard InChI is InChI=1S/C17H18Cl2N2/c1-17(13-5-3-2-4-6-13)12-21(10-9-20-17)16-11-14(18)7-8-15(16)19/h2-8,11,20H,9-10,12H2,1H3. The maximum absolute atomic E-state index is 6.35. The summed E-state index contributed by atoms with van der Waals surface area (Å²) in [6, 6.07) is 16.2. The summed E-state index contributed by atoms with van der Waals surface area (Å²) in [5.41, 5.74) is 2.20. The van der Waals surface area contributed by atoms with Crippen molar-refractivity contribution in [2.24, 2.45) is 0 Å². The van der Waals surface area contributed by atoms with Crippen LogP contribution in [-0.2, 0) is 5.54 Å². The van der Waals surface area contributed by atoms with Crippen LogP contribution in [-0.4, -0.2) is 19.6 Å². The molecule has 1 aliphatic rings. The van der Waals surface area contributed by atoms with E-state index in [4.69, 9.17) is 23.2 Å². The highest BCUT2D eigenvalue weighted by Gasteiger charge is 2.32. The third-order valence-electron chi connectivity index (χ3n) is 4.06.